The number of methoxy groups -OCH3 is 1. The van der Waals surface area contributed by atoms with Crippen molar-refractivity contribution < 1.29 is 9.53 Å². The highest BCUT2D eigenvalue weighted by Gasteiger charge is 2.12. The Morgan fingerprint density at radius 3 is 2.57 bits per heavy atom. The molecule has 2 aromatic carbocycles. The van der Waals surface area contributed by atoms with Gasteiger partial charge in [-0.3, -0.25) is 4.79 Å². The molecule has 3 rings (SSSR count). The zero-order chi connectivity index (χ0) is 16.2. The normalized spacial score (nSPS) is 10.3. The Labute approximate surface area is 133 Å². The van der Waals surface area contributed by atoms with Crippen LogP contribution in [-0.2, 0) is 0 Å². The summed E-state index contributed by atoms with van der Waals surface area (Å²) in [5, 5.41) is 4.44. The summed E-state index contributed by atoms with van der Waals surface area (Å²) in [5.41, 5.74) is 2.27. The summed E-state index contributed by atoms with van der Waals surface area (Å²) in [5.74, 6) is 1.99. The number of nitrogens with zero attached hydrogens (tertiary/aromatic N) is 3. The zero-order valence-corrected chi connectivity index (χ0v) is 12.6. The van der Waals surface area contributed by atoms with Gasteiger partial charge in [0.2, 0.25) is 0 Å². The van der Waals surface area contributed by atoms with E-state index < -0.39 is 0 Å². The van der Waals surface area contributed by atoms with Gasteiger partial charge in [0.1, 0.15) is 12.0 Å². The predicted molar refractivity (Wildman–Crippen MR) is 89.2 cm³/mol. The SMILES string of the molecule is C=Cn1nc(-c2ccc(OC)cc2)nc1-c1cccc(C=O)c1. The topological polar surface area (TPSA) is 57.0 Å². The molecule has 114 valence electrons. The molecule has 0 atom stereocenters. The van der Waals surface area contributed by atoms with E-state index in [2.05, 4.69) is 16.7 Å². The summed E-state index contributed by atoms with van der Waals surface area (Å²) in [4.78, 5) is 15.5. The van der Waals surface area contributed by atoms with E-state index in [1.165, 1.54) is 0 Å². The fourth-order valence-corrected chi connectivity index (χ4v) is 2.26. The molecule has 0 fully saturated rings. The first-order chi connectivity index (χ1) is 11.2. The predicted octanol–water partition coefficient (Wildman–Crippen LogP) is 3.53. The number of hydrogen-bond acceptors (Lipinski definition) is 4. The minimum absolute atomic E-state index is 0.582. The molecule has 0 radical (unpaired) electrons. The Morgan fingerprint density at radius 1 is 1.13 bits per heavy atom. The first-order valence-electron chi connectivity index (χ1n) is 7.04. The van der Waals surface area contributed by atoms with Gasteiger partial charge in [0, 0.05) is 22.9 Å². The van der Waals surface area contributed by atoms with E-state index >= 15 is 0 Å². The second kappa shape index (κ2) is 6.27. The van der Waals surface area contributed by atoms with Crippen molar-refractivity contribution in [2.24, 2.45) is 0 Å². The molecule has 0 unspecified atom stereocenters. The van der Waals surface area contributed by atoms with E-state index in [0.29, 0.717) is 17.2 Å². The van der Waals surface area contributed by atoms with Crippen LogP contribution in [0.4, 0.5) is 0 Å². The van der Waals surface area contributed by atoms with Gasteiger partial charge in [-0.05, 0) is 30.3 Å². The summed E-state index contributed by atoms with van der Waals surface area (Å²) in [7, 11) is 1.62. The van der Waals surface area contributed by atoms with Crippen molar-refractivity contribution >= 4 is 12.5 Å². The number of hydrogen-bond donors (Lipinski definition) is 0. The summed E-state index contributed by atoms with van der Waals surface area (Å²) < 4.78 is 6.76. The number of carbonyl (C=O) groups excluding carboxylic acids is 1. The molecule has 5 nitrogen and oxygen atoms in total. The Hall–Kier alpha value is -3.21. The highest BCUT2D eigenvalue weighted by Crippen LogP contribution is 2.24. The molecule has 0 bridgehead atoms. The van der Waals surface area contributed by atoms with Crippen molar-refractivity contribution in [2.45, 2.75) is 0 Å². The van der Waals surface area contributed by atoms with E-state index in [0.717, 1.165) is 23.2 Å². The van der Waals surface area contributed by atoms with Crippen LogP contribution in [0.5, 0.6) is 5.75 Å². The average molecular weight is 305 g/mol. The summed E-state index contributed by atoms with van der Waals surface area (Å²) >= 11 is 0. The molecule has 3 aromatic rings. The van der Waals surface area contributed by atoms with Gasteiger partial charge in [-0.15, -0.1) is 5.10 Å². The smallest absolute Gasteiger partial charge is 0.182 e. The van der Waals surface area contributed by atoms with Gasteiger partial charge in [-0.1, -0.05) is 24.8 Å². The summed E-state index contributed by atoms with van der Waals surface area (Å²) in [6.45, 7) is 3.76. The molecule has 1 aromatic heterocycles. The molecular formula is C18H15N3O2. The van der Waals surface area contributed by atoms with Crippen molar-refractivity contribution in [3.05, 3.63) is 60.7 Å². The molecule has 0 amide bonds. The number of rotatable bonds is 5. The third-order valence-electron chi connectivity index (χ3n) is 3.43. The van der Waals surface area contributed by atoms with Gasteiger partial charge >= 0.3 is 0 Å². The van der Waals surface area contributed by atoms with Crippen LogP contribution in [0.1, 0.15) is 10.4 Å². The minimum atomic E-state index is 0.582. The van der Waals surface area contributed by atoms with Gasteiger partial charge in [-0.2, -0.15) is 0 Å². The molecule has 5 heteroatoms. The molecule has 0 N–H and O–H groups in total. The molecule has 1 heterocycles. The van der Waals surface area contributed by atoms with Gasteiger partial charge in [0.25, 0.3) is 0 Å². The van der Waals surface area contributed by atoms with Crippen LogP contribution in [0.3, 0.4) is 0 Å². The van der Waals surface area contributed by atoms with Crippen LogP contribution in [0, 0.1) is 0 Å². The lowest BCUT2D eigenvalue weighted by atomic mass is 10.1. The molecule has 0 saturated carbocycles. The molecule has 0 saturated heterocycles. The molecule has 0 aliphatic heterocycles. The number of benzene rings is 2. The van der Waals surface area contributed by atoms with Crippen molar-refractivity contribution in [3.63, 3.8) is 0 Å². The first-order valence-corrected chi connectivity index (χ1v) is 7.04. The monoisotopic (exact) mass is 305 g/mol. The first kappa shape index (κ1) is 14.7. The Kier molecular flexibility index (Phi) is 4.01. The molecule has 0 aliphatic rings. The highest BCUT2D eigenvalue weighted by atomic mass is 16.5. The van der Waals surface area contributed by atoms with Crippen molar-refractivity contribution in [2.75, 3.05) is 7.11 Å². The Morgan fingerprint density at radius 2 is 1.91 bits per heavy atom. The van der Waals surface area contributed by atoms with Crippen LogP contribution in [-0.4, -0.2) is 28.2 Å². The van der Waals surface area contributed by atoms with E-state index in [9.17, 15) is 4.79 Å². The van der Waals surface area contributed by atoms with Crippen molar-refractivity contribution in [1.82, 2.24) is 14.8 Å². The van der Waals surface area contributed by atoms with Gasteiger partial charge in [0.05, 0.1) is 7.11 Å². The average Bonchev–Trinajstić information content (AvgIpc) is 3.06. The lowest BCUT2D eigenvalue weighted by Gasteiger charge is -2.00. The minimum Gasteiger partial charge on any atom is -0.497 e. The molecular weight excluding hydrogens is 290 g/mol. The molecule has 23 heavy (non-hydrogen) atoms. The summed E-state index contributed by atoms with van der Waals surface area (Å²) in [6.07, 6.45) is 2.39. The van der Waals surface area contributed by atoms with Gasteiger partial charge < -0.3 is 4.74 Å². The Bertz CT molecular complexity index is 851. The molecule has 0 aliphatic carbocycles. The van der Waals surface area contributed by atoms with Crippen molar-refractivity contribution in [1.29, 1.82) is 0 Å². The third-order valence-corrected chi connectivity index (χ3v) is 3.43. The number of carbonyl (C=O) groups is 1. The maximum atomic E-state index is 11.0. The van der Waals surface area contributed by atoms with Crippen LogP contribution in [0.25, 0.3) is 29.0 Å². The van der Waals surface area contributed by atoms with Crippen LogP contribution < -0.4 is 4.74 Å². The van der Waals surface area contributed by atoms with Crippen LogP contribution in [0.2, 0.25) is 0 Å². The highest BCUT2D eigenvalue weighted by molar-refractivity contribution is 5.78. The van der Waals surface area contributed by atoms with Gasteiger partial charge in [-0.25, -0.2) is 9.67 Å². The van der Waals surface area contributed by atoms with Crippen LogP contribution >= 0.6 is 0 Å². The van der Waals surface area contributed by atoms with Crippen molar-refractivity contribution in [3.8, 4) is 28.5 Å². The number of aldehydes is 1. The lowest BCUT2D eigenvalue weighted by Crippen LogP contribution is -1.93. The fourth-order valence-electron chi connectivity index (χ4n) is 2.26. The fraction of sp³-hybridized carbons (Fsp3) is 0.0556. The lowest BCUT2D eigenvalue weighted by molar-refractivity contribution is 0.112. The second-order valence-corrected chi connectivity index (χ2v) is 4.86. The van der Waals surface area contributed by atoms with E-state index in [1.807, 2.05) is 36.4 Å². The zero-order valence-electron chi connectivity index (χ0n) is 12.6. The number of ether oxygens (including phenoxy) is 1. The van der Waals surface area contributed by atoms with Crippen LogP contribution in [0.15, 0.2) is 55.1 Å². The van der Waals surface area contributed by atoms with E-state index in [1.54, 1.807) is 30.1 Å². The number of aromatic nitrogens is 3. The van der Waals surface area contributed by atoms with E-state index in [4.69, 9.17) is 4.74 Å². The van der Waals surface area contributed by atoms with Gasteiger partial charge in [0.15, 0.2) is 11.6 Å². The Balaban J connectivity index is 2.06. The quantitative estimate of drug-likeness (QED) is 0.677. The maximum Gasteiger partial charge on any atom is 0.182 e. The second-order valence-electron chi connectivity index (χ2n) is 4.86. The summed E-state index contributed by atoms with van der Waals surface area (Å²) in [6, 6.07) is 14.7. The molecule has 0 spiro atoms. The largest absolute Gasteiger partial charge is 0.497 e. The standard InChI is InChI=1S/C18H15N3O2/c1-3-21-18(15-6-4-5-13(11-15)12-22)19-17(20-21)14-7-9-16(23-2)10-8-14/h3-12H,1H2,2H3. The third kappa shape index (κ3) is 2.89. The van der Waals surface area contributed by atoms with E-state index in [-0.39, 0.29) is 0 Å². The maximum absolute atomic E-state index is 11.0.